The van der Waals surface area contributed by atoms with E-state index in [0.29, 0.717) is 31.2 Å². The molecule has 4 rings (SSSR count). The second-order valence-corrected chi connectivity index (χ2v) is 7.67. The fraction of sp³-hybridized carbons (Fsp3) is 0.455. The van der Waals surface area contributed by atoms with Gasteiger partial charge in [-0.25, -0.2) is 0 Å². The van der Waals surface area contributed by atoms with Gasteiger partial charge in [0.1, 0.15) is 6.04 Å². The lowest BCUT2D eigenvalue weighted by atomic mass is 10.0. The zero-order chi connectivity index (χ0) is 19.3. The molecule has 2 aliphatic rings. The molecule has 1 aromatic carbocycles. The fourth-order valence-electron chi connectivity index (χ4n) is 4.22. The highest BCUT2D eigenvalue weighted by molar-refractivity contribution is 5.95. The molecule has 1 aromatic heterocycles. The van der Waals surface area contributed by atoms with Gasteiger partial charge in [0.25, 0.3) is 5.91 Å². The molecule has 28 heavy (non-hydrogen) atoms. The van der Waals surface area contributed by atoms with Gasteiger partial charge in [0, 0.05) is 31.9 Å². The van der Waals surface area contributed by atoms with Crippen molar-refractivity contribution in [3.63, 3.8) is 0 Å². The van der Waals surface area contributed by atoms with Gasteiger partial charge in [-0.15, -0.1) is 0 Å². The van der Waals surface area contributed by atoms with Crippen molar-refractivity contribution < 1.29 is 14.0 Å². The Morgan fingerprint density at radius 3 is 2.68 bits per heavy atom. The lowest BCUT2D eigenvalue weighted by Gasteiger charge is -2.34. The van der Waals surface area contributed by atoms with E-state index in [0.717, 1.165) is 32.4 Å². The van der Waals surface area contributed by atoms with Crippen molar-refractivity contribution in [2.75, 3.05) is 31.1 Å². The number of hydrogen-bond donors (Lipinski definition) is 1. The summed E-state index contributed by atoms with van der Waals surface area (Å²) in [6.07, 6.45) is 5.15. The Morgan fingerprint density at radius 1 is 1.04 bits per heavy atom. The quantitative estimate of drug-likeness (QED) is 0.865. The second-order valence-electron chi connectivity index (χ2n) is 7.67. The summed E-state index contributed by atoms with van der Waals surface area (Å²) in [5, 5.41) is 3.11. The summed E-state index contributed by atoms with van der Waals surface area (Å²) in [6, 6.07) is 13.3. The number of piperidine rings is 1. The maximum absolute atomic E-state index is 12.8. The van der Waals surface area contributed by atoms with Crippen molar-refractivity contribution in [1.29, 1.82) is 0 Å². The summed E-state index contributed by atoms with van der Waals surface area (Å²) in [5.74, 6) is 0.495. The molecule has 0 aliphatic carbocycles. The Hall–Kier alpha value is -2.76. The third kappa shape index (κ3) is 4.06. The molecule has 2 aliphatic heterocycles. The van der Waals surface area contributed by atoms with Crippen LogP contribution >= 0.6 is 0 Å². The van der Waals surface area contributed by atoms with E-state index in [1.165, 1.54) is 12.0 Å². The summed E-state index contributed by atoms with van der Waals surface area (Å²) < 4.78 is 5.24. The monoisotopic (exact) mass is 381 g/mol. The number of carbonyl (C=O) groups excluding carboxylic acids is 2. The molecule has 2 atom stereocenters. The van der Waals surface area contributed by atoms with E-state index in [9.17, 15) is 9.59 Å². The molecule has 0 radical (unpaired) electrons. The number of hydrogen-bond acceptors (Lipinski definition) is 4. The van der Waals surface area contributed by atoms with E-state index in [-0.39, 0.29) is 11.8 Å². The van der Waals surface area contributed by atoms with Crippen molar-refractivity contribution in [3.8, 4) is 0 Å². The molecule has 2 amide bonds. The highest BCUT2D eigenvalue weighted by Crippen LogP contribution is 2.24. The first kappa shape index (κ1) is 18.6. The smallest absolute Gasteiger partial charge is 0.290 e. The van der Waals surface area contributed by atoms with Crippen LogP contribution in [0.2, 0.25) is 0 Å². The molecule has 0 bridgehead atoms. The number of furan rings is 1. The largest absolute Gasteiger partial charge is 0.459 e. The Balaban J connectivity index is 1.32. The SMILES string of the molecule is O=C(NCC1CCN(c2ccccc2)C1)C1CCCCN1C(=O)c1ccco1. The Kier molecular flexibility index (Phi) is 5.65. The topological polar surface area (TPSA) is 65.8 Å². The van der Waals surface area contributed by atoms with Crippen LogP contribution in [0.25, 0.3) is 0 Å². The van der Waals surface area contributed by atoms with Crippen LogP contribution in [0.3, 0.4) is 0 Å². The zero-order valence-electron chi connectivity index (χ0n) is 16.0. The number of para-hydroxylation sites is 1. The summed E-state index contributed by atoms with van der Waals surface area (Å²) in [5.41, 5.74) is 1.24. The Bertz CT molecular complexity index is 791. The van der Waals surface area contributed by atoms with Gasteiger partial charge in [0.05, 0.1) is 6.26 Å². The molecule has 2 fully saturated rings. The van der Waals surface area contributed by atoms with E-state index in [4.69, 9.17) is 4.42 Å². The molecule has 3 heterocycles. The standard InChI is InChI=1S/C22H27N3O3/c26-21(19-9-4-5-12-25(19)22(27)20-10-6-14-28-20)23-15-17-11-13-24(16-17)18-7-2-1-3-8-18/h1-3,6-8,10,14,17,19H,4-5,9,11-13,15-16H2,(H,23,26). The van der Waals surface area contributed by atoms with Crippen LogP contribution in [-0.2, 0) is 4.79 Å². The molecule has 0 spiro atoms. The van der Waals surface area contributed by atoms with E-state index in [1.54, 1.807) is 17.0 Å². The molecule has 6 nitrogen and oxygen atoms in total. The van der Waals surface area contributed by atoms with Crippen molar-refractivity contribution in [3.05, 3.63) is 54.5 Å². The fourth-order valence-corrected chi connectivity index (χ4v) is 4.22. The van der Waals surface area contributed by atoms with Crippen LogP contribution in [-0.4, -0.2) is 48.9 Å². The third-order valence-corrected chi connectivity index (χ3v) is 5.77. The second kappa shape index (κ2) is 8.50. The van der Waals surface area contributed by atoms with Gasteiger partial charge in [0.15, 0.2) is 5.76 Å². The van der Waals surface area contributed by atoms with Gasteiger partial charge in [-0.2, -0.15) is 0 Å². The predicted octanol–water partition coefficient (Wildman–Crippen LogP) is 2.92. The van der Waals surface area contributed by atoms with Crippen molar-refractivity contribution >= 4 is 17.5 Å². The van der Waals surface area contributed by atoms with Gasteiger partial charge in [-0.1, -0.05) is 18.2 Å². The number of amides is 2. The Labute approximate surface area is 165 Å². The van der Waals surface area contributed by atoms with E-state index >= 15 is 0 Å². The molecule has 2 unspecified atom stereocenters. The lowest BCUT2D eigenvalue weighted by Crippen LogP contribution is -2.52. The molecule has 2 aromatic rings. The van der Waals surface area contributed by atoms with E-state index in [2.05, 4.69) is 34.5 Å². The third-order valence-electron chi connectivity index (χ3n) is 5.77. The van der Waals surface area contributed by atoms with Crippen molar-refractivity contribution in [2.24, 2.45) is 5.92 Å². The first-order valence-electron chi connectivity index (χ1n) is 10.1. The van der Waals surface area contributed by atoms with Crippen molar-refractivity contribution in [2.45, 2.75) is 31.7 Å². The van der Waals surface area contributed by atoms with Gasteiger partial charge in [-0.05, 0) is 55.9 Å². The van der Waals surface area contributed by atoms with E-state index < -0.39 is 6.04 Å². The van der Waals surface area contributed by atoms with Gasteiger partial charge < -0.3 is 19.5 Å². The number of rotatable bonds is 5. The molecule has 6 heteroatoms. The zero-order valence-corrected chi connectivity index (χ0v) is 16.0. The lowest BCUT2D eigenvalue weighted by molar-refractivity contribution is -0.126. The van der Waals surface area contributed by atoms with Gasteiger partial charge in [0.2, 0.25) is 5.91 Å². The summed E-state index contributed by atoms with van der Waals surface area (Å²) in [4.78, 5) is 29.6. The number of anilines is 1. The summed E-state index contributed by atoms with van der Waals surface area (Å²) in [6.45, 7) is 3.21. The molecule has 2 saturated heterocycles. The number of nitrogens with one attached hydrogen (secondary N) is 1. The van der Waals surface area contributed by atoms with Crippen LogP contribution in [0.1, 0.15) is 36.2 Å². The Morgan fingerprint density at radius 2 is 1.89 bits per heavy atom. The normalized spacial score (nSPS) is 22.3. The molecule has 1 N–H and O–H groups in total. The highest BCUT2D eigenvalue weighted by Gasteiger charge is 2.34. The first-order chi connectivity index (χ1) is 13.7. The van der Waals surface area contributed by atoms with Crippen LogP contribution in [0, 0.1) is 5.92 Å². The van der Waals surface area contributed by atoms with Crippen LogP contribution in [0.4, 0.5) is 5.69 Å². The van der Waals surface area contributed by atoms with Crippen LogP contribution in [0.5, 0.6) is 0 Å². The highest BCUT2D eigenvalue weighted by atomic mass is 16.3. The maximum atomic E-state index is 12.8. The average molecular weight is 381 g/mol. The minimum atomic E-state index is -0.405. The van der Waals surface area contributed by atoms with Gasteiger partial charge in [-0.3, -0.25) is 9.59 Å². The minimum absolute atomic E-state index is 0.0437. The maximum Gasteiger partial charge on any atom is 0.290 e. The van der Waals surface area contributed by atoms with Crippen LogP contribution < -0.4 is 10.2 Å². The summed E-state index contributed by atoms with van der Waals surface area (Å²) >= 11 is 0. The first-order valence-corrected chi connectivity index (χ1v) is 10.1. The summed E-state index contributed by atoms with van der Waals surface area (Å²) in [7, 11) is 0. The molecule has 148 valence electrons. The average Bonchev–Trinajstić information content (AvgIpc) is 3.44. The van der Waals surface area contributed by atoms with Gasteiger partial charge >= 0.3 is 0 Å². The van der Waals surface area contributed by atoms with E-state index in [1.807, 2.05) is 6.07 Å². The molecular formula is C22H27N3O3. The number of benzene rings is 1. The number of nitrogens with zero attached hydrogens (tertiary/aromatic N) is 2. The predicted molar refractivity (Wildman–Crippen MR) is 107 cm³/mol. The van der Waals surface area contributed by atoms with Crippen LogP contribution in [0.15, 0.2) is 53.1 Å². The number of likely N-dealkylation sites (tertiary alicyclic amines) is 1. The molecular weight excluding hydrogens is 354 g/mol. The molecule has 0 saturated carbocycles. The minimum Gasteiger partial charge on any atom is -0.459 e. The number of carbonyl (C=O) groups is 2. The van der Waals surface area contributed by atoms with Crippen molar-refractivity contribution in [1.82, 2.24) is 10.2 Å².